The monoisotopic (exact) mass is 464 g/mol. The molecule has 1 atom stereocenters. The van der Waals surface area contributed by atoms with Gasteiger partial charge in [0.05, 0.1) is 28.5 Å². The van der Waals surface area contributed by atoms with Crippen LogP contribution in [-0.4, -0.2) is 17.1 Å². The van der Waals surface area contributed by atoms with Crippen molar-refractivity contribution in [1.82, 2.24) is 4.57 Å². The van der Waals surface area contributed by atoms with Crippen molar-refractivity contribution in [2.45, 2.75) is 19.9 Å². The maximum absolute atomic E-state index is 13.4. The highest BCUT2D eigenvalue weighted by molar-refractivity contribution is 7.07. The van der Waals surface area contributed by atoms with Gasteiger partial charge in [-0.15, -0.1) is 0 Å². The van der Waals surface area contributed by atoms with Crippen LogP contribution in [0.3, 0.4) is 0 Å². The molecule has 1 aromatic heterocycles. The molecule has 0 radical (unpaired) electrons. The van der Waals surface area contributed by atoms with Crippen molar-refractivity contribution in [2.24, 2.45) is 4.99 Å². The Morgan fingerprint density at radius 3 is 2.59 bits per heavy atom. The molecule has 4 rings (SSSR count). The number of hydrogen-bond donors (Lipinski definition) is 0. The molecule has 32 heavy (non-hydrogen) atoms. The zero-order valence-corrected chi connectivity index (χ0v) is 19.2. The second-order valence-electron chi connectivity index (χ2n) is 7.15. The Kier molecular flexibility index (Phi) is 6.53. The maximum Gasteiger partial charge on any atom is 0.338 e. The lowest BCUT2D eigenvalue weighted by Gasteiger charge is -2.24. The molecule has 1 aliphatic heterocycles. The number of halogens is 1. The minimum Gasteiger partial charge on any atom is -0.463 e. The summed E-state index contributed by atoms with van der Waals surface area (Å²) in [6.07, 6.45) is 5.56. The number of nitrogens with zero attached hydrogens (tertiary/aromatic N) is 2. The Morgan fingerprint density at radius 2 is 1.91 bits per heavy atom. The average Bonchev–Trinajstić information content (AvgIpc) is 3.09. The molecule has 1 aliphatic rings. The highest BCUT2D eigenvalue weighted by atomic mass is 35.5. The number of ether oxygens (including phenoxy) is 1. The lowest BCUT2D eigenvalue weighted by Crippen LogP contribution is -2.39. The Morgan fingerprint density at radius 1 is 1.19 bits per heavy atom. The van der Waals surface area contributed by atoms with E-state index in [0.717, 1.165) is 11.1 Å². The normalized spacial score (nSPS) is 16.2. The largest absolute Gasteiger partial charge is 0.463 e. The SMILES string of the molecule is CCOC(=O)C1=C(C)N=c2s/c(=C/C=C/c3ccccc3)c(=O)n2[C@H]1c1ccc(Cl)cc1. The number of carbonyl (C=O) groups excluding carboxylic acids is 1. The molecule has 5 nitrogen and oxygen atoms in total. The van der Waals surface area contributed by atoms with Crippen LogP contribution < -0.4 is 14.9 Å². The highest BCUT2D eigenvalue weighted by Crippen LogP contribution is 2.31. The molecular weight excluding hydrogens is 444 g/mol. The number of esters is 1. The first-order chi connectivity index (χ1) is 15.5. The van der Waals surface area contributed by atoms with Crippen molar-refractivity contribution < 1.29 is 9.53 Å². The van der Waals surface area contributed by atoms with Crippen LogP contribution in [0.4, 0.5) is 0 Å². The van der Waals surface area contributed by atoms with Gasteiger partial charge in [0.1, 0.15) is 0 Å². The third-order valence-corrected chi connectivity index (χ3v) is 6.29. The van der Waals surface area contributed by atoms with E-state index in [1.54, 1.807) is 36.6 Å². The lowest BCUT2D eigenvalue weighted by atomic mass is 9.96. The molecule has 0 spiro atoms. The number of thiazole rings is 1. The van der Waals surface area contributed by atoms with Crippen LogP contribution in [0.15, 0.2) is 81.7 Å². The first-order valence-electron chi connectivity index (χ1n) is 10.2. The second-order valence-corrected chi connectivity index (χ2v) is 8.59. The predicted molar refractivity (Wildman–Crippen MR) is 128 cm³/mol. The lowest BCUT2D eigenvalue weighted by molar-refractivity contribution is -0.139. The van der Waals surface area contributed by atoms with E-state index < -0.39 is 12.0 Å². The van der Waals surface area contributed by atoms with Crippen molar-refractivity contribution in [2.75, 3.05) is 6.61 Å². The van der Waals surface area contributed by atoms with Crippen LogP contribution in [0.2, 0.25) is 5.02 Å². The van der Waals surface area contributed by atoms with Crippen molar-refractivity contribution in [3.05, 3.63) is 108 Å². The van der Waals surface area contributed by atoms with Crippen LogP contribution in [0.25, 0.3) is 12.2 Å². The van der Waals surface area contributed by atoms with Gasteiger partial charge in [-0.25, -0.2) is 9.79 Å². The fourth-order valence-corrected chi connectivity index (χ4v) is 4.70. The molecule has 0 N–H and O–H groups in total. The Labute approximate surface area is 194 Å². The van der Waals surface area contributed by atoms with Gasteiger partial charge in [-0.1, -0.05) is 77.6 Å². The quantitative estimate of drug-likeness (QED) is 0.534. The van der Waals surface area contributed by atoms with Crippen molar-refractivity contribution >= 4 is 41.1 Å². The van der Waals surface area contributed by atoms with Gasteiger partial charge < -0.3 is 4.74 Å². The summed E-state index contributed by atoms with van der Waals surface area (Å²) in [5.74, 6) is -0.480. The van der Waals surface area contributed by atoms with Gasteiger partial charge >= 0.3 is 5.97 Å². The zero-order valence-electron chi connectivity index (χ0n) is 17.6. The number of aromatic nitrogens is 1. The van der Waals surface area contributed by atoms with Crippen LogP contribution in [0, 0.1) is 0 Å². The van der Waals surface area contributed by atoms with E-state index in [0.29, 0.717) is 25.6 Å². The third kappa shape index (κ3) is 4.38. The summed E-state index contributed by atoms with van der Waals surface area (Å²) < 4.78 is 7.39. The minimum atomic E-state index is -0.636. The van der Waals surface area contributed by atoms with Gasteiger partial charge in [-0.2, -0.15) is 0 Å². The fraction of sp³-hybridized carbons (Fsp3) is 0.160. The summed E-state index contributed by atoms with van der Waals surface area (Å²) in [5, 5.41) is 0.575. The average molecular weight is 465 g/mol. The summed E-state index contributed by atoms with van der Waals surface area (Å²) in [4.78, 5) is 31.3. The third-order valence-electron chi connectivity index (χ3n) is 5.04. The molecule has 0 saturated carbocycles. The summed E-state index contributed by atoms with van der Waals surface area (Å²) in [5.41, 5.74) is 2.49. The van der Waals surface area contributed by atoms with Gasteiger partial charge in [-0.05, 0) is 43.2 Å². The van der Waals surface area contributed by atoms with E-state index in [1.165, 1.54) is 11.3 Å². The number of rotatable bonds is 5. The molecule has 0 bridgehead atoms. The standard InChI is InChI=1S/C25H21ClN2O3S/c1-3-31-24(30)21-16(2)27-25-28(22(21)18-12-14-19(26)15-13-18)23(29)20(32-25)11-7-10-17-8-5-4-6-9-17/h4-15,22H,3H2,1-2H3/b10-7+,20-11+/t22-/m0/s1. The van der Waals surface area contributed by atoms with Crippen LogP contribution in [-0.2, 0) is 9.53 Å². The zero-order chi connectivity index (χ0) is 22.7. The molecule has 162 valence electrons. The fourth-order valence-electron chi connectivity index (χ4n) is 3.58. The summed E-state index contributed by atoms with van der Waals surface area (Å²) in [7, 11) is 0. The molecular formula is C25H21ClN2O3S. The molecule has 7 heteroatoms. The van der Waals surface area contributed by atoms with Crippen LogP contribution in [0.5, 0.6) is 0 Å². The highest BCUT2D eigenvalue weighted by Gasteiger charge is 2.33. The van der Waals surface area contributed by atoms with Crippen LogP contribution in [0.1, 0.15) is 31.0 Å². The molecule has 2 aromatic carbocycles. The van der Waals surface area contributed by atoms with E-state index in [4.69, 9.17) is 16.3 Å². The number of carbonyl (C=O) groups is 1. The van der Waals surface area contributed by atoms with Gasteiger partial charge in [0.15, 0.2) is 4.80 Å². The van der Waals surface area contributed by atoms with Gasteiger partial charge in [0.25, 0.3) is 5.56 Å². The van der Waals surface area contributed by atoms with Crippen molar-refractivity contribution in [3.8, 4) is 0 Å². The number of allylic oxidation sites excluding steroid dienone is 2. The molecule has 0 saturated heterocycles. The summed E-state index contributed by atoms with van der Waals surface area (Å²) in [6.45, 7) is 3.75. The number of benzene rings is 2. The summed E-state index contributed by atoms with van der Waals surface area (Å²) in [6, 6.07) is 16.3. The minimum absolute atomic E-state index is 0.208. The number of fused-ring (bicyclic) bond motifs is 1. The summed E-state index contributed by atoms with van der Waals surface area (Å²) >= 11 is 7.36. The maximum atomic E-state index is 13.4. The van der Waals surface area contributed by atoms with E-state index in [2.05, 4.69) is 4.99 Å². The van der Waals surface area contributed by atoms with E-state index in [-0.39, 0.29) is 12.2 Å². The van der Waals surface area contributed by atoms with Crippen molar-refractivity contribution in [3.63, 3.8) is 0 Å². The van der Waals surface area contributed by atoms with E-state index >= 15 is 0 Å². The molecule has 0 aliphatic carbocycles. The molecule has 0 unspecified atom stereocenters. The Bertz CT molecular complexity index is 1380. The first kappa shape index (κ1) is 22.0. The topological polar surface area (TPSA) is 60.7 Å². The Balaban J connectivity index is 1.86. The molecule has 3 aromatic rings. The predicted octanol–water partition coefficient (Wildman–Crippen LogP) is 4.12. The van der Waals surface area contributed by atoms with Gasteiger partial charge in [0.2, 0.25) is 0 Å². The smallest absolute Gasteiger partial charge is 0.338 e. The second kappa shape index (κ2) is 9.51. The van der Waals surface area contributed by atoms with Crippen LogP contribution >= 0.6 is 22.9 Å². The van der Waals surface area contributed by atoms with Gasteiger partial charge in [-0.3, -0.25) is 9.36 Å². The van der Waals surface area contributed by atoms with E-state index in [9.17, 15) is 9.59 Å². The molecule has 0 fully saturated rings. The van der Waals surface area contributed by atoms with Gasteiger partial charge in [0, 0.05) is 5.02 Å². The number of hydrogen-bond acceptors (Lipinski definition) is 5. The molecule has 2 heterocycles. The Hall–Kier alpha value is -3.22. The first-order valence-corrected chi connectivity index (χ1v) is 11.4. The van der Waals surface area contributed by atoms with E-state index in [1.807, 2.05) is 54.6 Å². The molecule has 0 amide bonds. The van der Waals surface area contributed by atoms with Crippen molar-refractivity contribution in [1.29, 1.82) is 0 Å².